The van der Waals surface area contributed by atoms with Gasteiger partial charge in [-0.25, -0.2) is 0 Å². The van der Waals surface area contributed by atoms with Gasteiger partial charge in [-0.15, -0.1) is 0 Å². The molecule has 0 aromatic rings. The maximum absolute atomic E-state index is 13.0. The lowest BCUT2D eigenvalue weighted by Gasteiger charge is -2.28. The van der Waals surface area contributed by atoms with Gasteiger partial charge in [0.2, 0.25) is 11.8 Å². The molecule has 0 aromatic heterocycles. The van der Waals surface area contributed by atoms with Crippen LogP contribution in [0, 0.1) is 17.8 Å². The Hall–Kier alpha value is -3.27. The third-order valence-electron chi connectivity index (χ3n) is 11.6. The first kappa shape index (κ1) is 57.7. The highest BCUT2D eigenvalue weighted by molar-refractivity contribution is 5.86. The molecule has 1 atom stereocenters. The third-order valence-corrected chi connectivity index (χ3v) is 11.6. The zero-order chi connectivity index (χ0) is 46.2. The maximum Gasteiger partial charge on any atom is 0.306 e. The van der Waals surface area contributed by atoms with Crippen molar-refractivity contribution in [3.63, 3.8) is 0 Å². The number of carbonyl (C=O) groups is 7. The molecule has 0 unspecified atom stereocenters. The predicted octanol–water partition coefficient (Wildman–Crippen LogP) is 7.58. The average Bonchev–Trinajstić information content (AvgIpc) is 3.25. The molecule has 1 aliphatic carbocycles. The Balaban J connectivity index is 2.00. The molecule has 0 heterocycles. The number of ketones is 3. The molecule has 0 saturated heterocycles. The maximum atomic E-state index is 13.0. The second-order valence-electron chi connectivity index (χ2n) is 17.3. The molecule has 0 spiro atoms. The fourth-order valence-electron chi connectivity index (χ4n) is 7.74. The van der Waals surface area contributed by atoms with Crippen LogP contribution in [0.15, 0.2) is 0 Å². The Morgan fingerprint density at radius 3 is 1.56 bits per heavy atom. The first-order valence-corrected chi connectivity index (χ1v) is 24.3. The smallest absolute Gasteiger partial charge is 0.306 e. The summed E-state index contributed by atoms with van der Waals surface area (Å²) in [5.41, 5.74) is 0. The number of carboxylic acid groups (broad SMARTS) is 2. The second kappa shape index (κ2) is 40.3. The molecule has 4 N–H and O–H groups in total. The summed E-state index contributed by atoms with van der Waals surface area (Å²) in [4.78, 5) is 83.0. The summed E-state index contributed by atoms with van der Waals surface area (Å²) < 4.78 is 21.2. The van der Waals surface area contributed by atoms with Gasteiger partial charge in [0.05, 0.1) is 39.0 Å². The van der Waals surface area contributed by atoms with Crippen molar-refractivity contribution in [2.75, 3.05) is 65.9 Å². The van der Waals surface area contributed by atoms with Gasteiger partial charge in [-0.05, 0) is 64.2 Å². The lowest BCUT2D eigenvalue weighted by molar-refractivity contribution is -0.145. The zero-order valence-corrected chi connectivity index (χ0v) is 38.8. The van der Waals surface area contributed by atoms with Crippen LogP contribution < -0.4 is 10.6 Å². The van der Waals surface area contributed by atoms with E-state index in [1.165, 1.54) is 71.1 Å². The van der Waals surface area contributed by atoms with Crippen LogP contribution in [0.2, 0.25) is 0 Å². The van der Waals surface area contributed by atoms with Crippen LogP contribution in [0.5, 0.6) is 0 Å². The number of nitrogens with one attached hydrogen (secondary N) is 2. The molecule has 0 aliphatic heterocycles. The number of hydrogen-bond acceptors (Lipinski definition) is 11. The van der Waals surface area contributed by atoms with Crippen molar-refractivity contribution in [2.24, 2.45) is 17.8 Å². The second-order valence-corrected chi connectivity index (χ2v) is 17.3. The van der Waals surface area contributed by atoms with Crippen LogP contribution in [0.3, 0.4) is 0 Å². The number of ether oxygens (including phenoxy) is 4. The SMILES string of the molecule is CC(=O)COCCOCCCC(=O)COCCOCCNC(=O)CC[C@H](CC(=O)C1CCC(CNC(=O)CCCCCCCCCCCCCCCCCCC(=O)O)CC1)C(=O)O. The third kappa shape index (κ3) is 36.7. The highest BCUT2D eigenvalue weighted by Crippen LogP contribution is 2.31. The van der Waals surface area contributed by atoms with Crippen LogP contribution in [-0.4, -0.2) is 117 Å². The van der Waals surface area contributed by atoms with Crippen molar-refractivity contribution in [3.05, 3.63) is 0 Å². The molecule has 364 valence electrons. The monoisotopic (exact) mass is 897 g/mol. The molecule has 1 fully saturated rings. The van der Waals surface area contributed by atoms with Crippen LogP contribution in [-0.2, 0) is 52.5 Å². The minimum Gasteiger partial charge on any atom is -0.481 e. The number of carboxylic acids is 2. The van der Waals surface area contributed by atoms with Crippen LogP contribution >= 0.6 is 0 Å². The van der Waals surface area contributed by atoms with E-state index in [0.717, 1.165) is 51.4 Å². The van der Waals surface area contributed by atoms with Crippen molar-refractivity contribution >= 4 is 41.1 Å². The Morgan fingerprint density at radius 1 is 0.524 bits per heavy atom. The molecular weight excluding hydrogens is 813 g/mol. The van der Waals surface area contributed by atoms with Gasteiger partial charge in [0, 0.05) is 57.7 Å². The van der Waals surface area contributed by atoms with Crippen molar-refractivity contribution in [3.8, 4) is 0 Å². The van der Waals surface area contributed by atoms with Crippen molar-refractivity contribution in [1.29, 1.82) is 0 Å². The Kier molecular flexibility index (Phi) is 36.9. The van der Waals surface area contributed by atoms with Gasteiger partial charge in [-0.1, -0.05) is 89.9 Å². The molecule has 0 bridgehead atoms. The number of aliphatic carboxylic acids is 2. The van der Waals surface area contributed by atoms with Crippen LogP contribution in [0.1, 0.15) is 180 Å². The quantitative estimate of drug-likeness (QED) is 0.0434. The summed E-state index contributed by atoms with van der Waals surface area (Å²) in [5, 5.41) is 24.2. The number of hydrogen-bond donors (Lipinski definition) is 4. The van der Waals surface area contributed by atoms with Gasteiger partial charge in [-0.2, -0.15) is 0 Å². The lowest BCUT2D eigenvalue weighted by Crippen LogP contribution is -2.33. The largest absolute Gasteiger partial charge is 0.481 e. The van der Waals surface area contributed by atoms with Gasteiger partial charge >= 0.3 is 11.9 Å². The number of carbonyl (C=O) groups excluding carboxylic acids is 5. The molecular formula is C48H84N2O13. The van der Waals surface area contributed by atoms with Gasteiger partial charge in [0.1, 0.15) is 19.0 Å². The minimum atomic E-state index is -1.08. The summed E-state index contributed by atoms with van der Waals surface area (Å²) in [5.74, 6) is -2.94. The molecule has 2 amide bonds. The molecule has 0 radical (unpaired) electrons. The first-order chi connectivity index (χ1) is 30.5. The van der Waals surface area contributed by atoms with Crippen molar-refractivity contribution in [2.45, 2.75) is 180 Å². The highest BCUT2D eigenvalue weighted by atomic mass is 16.5. The predicted molar refractivity (Wildman–Crippen MR) is 240 cm³/mol. The summed E-state index contributed by atoms with van der Waals surface area (Å²) in [6.07, 6.45) is 23.6. The standard InChI is InChI=1S/C48H84N2O13/c1-39(51)37-62-33-31-60-29-18-19-43(52)38-63-34-32-61-30-28-49-46(55)27-26-42(48(58)59)35-44(53)41-24-22-40(23-25-41)36-50-45(54)20-16-14-12-10-8-6-4-2-3-5-7-9-11-13-15-17-21-47(56)57/h40-42H,2-38H2,1H3,(H,49,55)(H,50,54)(H,56,57)(H,58,59)/t40?,41?,42-/m1/s1. The minimum absolute atomic E-state index is 0.00935. The zero-order valence-electron chi connectivity index (χ0n) is 38.8. The van der Waals surface area contributed by atoms with Crippen LogP contribution in [0.4, 0.5) is 0 Å². The summed E-state index contributed by atoms with van der Waals surface area (Å²) in [6.45, 7) is 4.16. The number of rotatable bonds is 45. The Labute approximate surface area is 377 Å². The highest BCUT2D eigenvalue weighted by Gasteiger charge is 2.30. The summed E-state index contributed by atoms with van der Waals surface area (Å²) >= 11 is 0. The number of unbranched alkanes of at least 4 members (excludes halogenated alkanes) is 15. The van der Waals surface area contributed by atoms with E-state index in [-0.39, 0.29) is 93.9 Å². The van der Waals surface area contributed by atoms with Gasteiger partial charge in [0.15, 0.2) is 11.6 Å². The van der Waals surface area contributed by atoms with Crippen LogP contribution in [0.25, 0.3) is 0 Å². The molecule has 63 heavy (non-hydrogen) atoms. The molecule has 1 aliphatic rings. The lowest BCUT2D eigenvalue weighted by atomic mass is 9.78. The van der Waals surface area contributed by atoms with E-state index in [9.17, 15) is 38.7 Å². The Morgan fingerprint density at radius 2 is 1.02 bits per heavy atom. The number of amides is 2. The normalized spacial score (nSPS) is 15.4. The van der Waals surface area contributed by atoms with E-state index in [4.69, 9.17) is 24.1 Å². The summed E-state index contributed by atoms with van der Waals surface area (Å²) in [6, 6.07) is 0. The fraction of sp³-hybridized carbons (Fsp3) is 0.854. The van der Waals surface area contributed by atoms with E-state index >= 15 is 0 Å². The molecule has 15 heteroatoms. The van der Waals surface area contributed by atoms with E-state index in [0.29, 0.717) is 70.8 Å². The summed E-state index contributed by atoms with van der Waals surface area (Å²) in [7, 11) is 0. The van der Waals surface area contributed by atoms with Gasteiger partial charge < -0.3 is 39.8 Å². The topological polar surface area (TPSA) is 221 Å². The van der Waals surface area contributed by atoms with E-state index in [1.54, 1.807) is 0 Å². The van der Waals surface area contributed by atoms with Crippen molar-refractivity contribution < 1.29 is 62.7 Å². The van der Waals surface area contributed by atoms with E-state index < -0.39 is 17.9 Å². The van der Waals surface area contributed by atoms with Gasteiger partial charge in [-0.3, -0.25) is 33.6 Å². The first-order valence-electron chi connectivity index (χ1n) is 24.3. The molecule has 0 aromatic carbocycles. The molecule has 15 nitrogen and oxygen atoms in total. The fourth-order valence-corrected chi connectivity index (χ4v) is 7.74. The Bertz CT molecular complexity index is 1250. The van der Waals surface area contributed by atoms with Crippen molar-refractivity contribution in [1.82, 2.24) is 10.6 Å². The number of Topliss-reactive ketones (excluding diaryl/α,β-unsaturated/α-hetero) is 3. The average molecular weight is 897 g/mol. The van der Waals surface area contributed by atoms with Gasteiger partial charge in [0.25, 0.3) is 0 Å². The van der Waals surface area contributed by atoms with E-state index in [2.05, 4.69) is 10.6 Å². The molecule has 1 rings (SSSR count). The molecule has 1 saturated carbocycles. The van der Waals surface area contributed by atoms with E-state index in [1.807, 2.05) is 0 Å².